The van der Waals surface area contributed by atoms with Gasteiger partial charge in [-0.1, -0.05) is 25.5 Å². The van der Waals surface area contributed by atoms with Crippen LogP contribution in [0.15, 0.2) is 18.2 Å². The second kappa shape index (κ2) is 4.38. The van der Waals surface area contributed by atoms with E-state index in [-0.39, 0.29) is 16.9 Å². The number of hydrogen-bond acceptors (Lipinski definition) is 2. The quantitative estimate of drug-likeness (QED) is 0.581. The van der Waals surface area contributed by atoms with Gasteiger partial charge in [-0.05, 0) is 12.5 Å². The molecule has 3 heteroatoms. The second-order valence-electron chi connectivity index (χ2n) is 2.97. The summed E-state index contributed by atoms with van der Waals surface area (Å²) in [5, 5.41) is 18.4. The molecular formula is C10H13ClO2. The Balaban J connectivity index is 2.93. The molecule has 1 aromatic carbocycles. The summed E-state index contributed by atoms with van der Waals surface area (Å²) in [5.74, 6) is -0.213. The molecule has 0 saturated heterocycles. The van der Waals surface area contributed by atoms with E-state index in [1.54, 1.807) is 12.1 Å². The van der Waals surface area contributed by atoms with Gasteiger partial charge in [0.15, 0.2) is 11.5 Å². The van der Waals surface area contributed by atoms with E-state index >= 15 is 0 Å². The van der Waals surface area contributed by atoms with Gasteiger partial charge in [-0.3, -0.25) is 0 Å². The molecule has 1 rings (SSSR count). The molecule has 0 saturated carbocycles. The molecule has 0 spiro atoms. The minimum atomic E-state index is -0.225. The summed E-state index contributed by atoms with van der Waals surface area (Å²) in [4.78, 5) is 0. The molecule has 0 heterocycles. The highest BCUT2D eigenvalue weighted by molar-refractivity contribution is 6.21. The van der Waals surface area contributed by atoms with Gasteiger partial charge >= 0.3 is 0 Å². The van der Waals surface area contributed by atoms with Gasteiger partial charge < -0.3 is 10.2 Å². The van der Waals surface area contributed by atoms with Gasteiger partial charge in [0.05, 0.1) is 5.38 Å². The van der Waals surface area contributed by atoms with E-state index in [0.29, 0.717) is 5.56 Å². The summed E-state index contributed by atoms with van der Waals surface area (Å²) in [6.07, 6.45) is 1.74. The molecule has 0 aliphatic carbocycles. The summed E-state index contributed by atoms with van der Waals surface area (Å²) in [7, 11) is 0. The third-order valence-corrected chi connectivity index (χ3v) is 2.38. The SMILES string of the molecule is CCCC(Cl)c1cccc(O)c1O. The van der Waals surface area contributed by atoms with E-state index in [2.05, 4.69) is 0 Å². The number of phenolic OH excluding ortho intramolecular Hbond substituents is 2. The lowest BCUT2D eigenvalue weighted by atomic mass is 10.1. The van der Waals surface area contributed by atoms with Crippen molar-refractivity contribution in [3.8, 4) is 11.5 Å². The third-order valence-electron chi connectivity index (χ3n) is 1.93. The number of phenols is 2. The first-order valence-electron chi connectivity index (χ1n) is 4.31. The van der Waals surface area contributed by atoms with Crippen molar-refractivity contribution in [2.45, 2.75) is 25.1 Å². The molecule has 1 atom stereocenters. The molecule has 0 fully saturated rings. The molecule has 2 N–H and O–H groups in total. The fourth-order valence-electron chi connectivity index (χ4n) is 1.21. The van der Waals surface area contributed by atoms with Crippen LogP contribution in [0.4, 0.5) is 0 Å². The van der Waals surface area contributed by atoms with Crippen LogP contribution in [-0.2, 0) is 0 Å². The Morgan fingerprint density at radius 1 is 1.38 bits per heavy atom. The van der Waals surface area contributed by atoms with Crippen molar-refractivity contribution in [2.24, 2.45) is 0 Å². The summed E-state index contributed by atoms with van der Waals surface area (Å²) in [6.45, 7) is 2.02. The van der Waals surface area contributed by atoms with E-state index in [4.69, 9.17) is 11.6 Å². The van der Waals surface area contributed by atoms with Gasteiger partial charge in [0, 0.05) is 5.56 Å². The Labute approximate surface area is 82.8 Å². The minimum Gasteiger partial charge on any atom is -0.504 e. The smallest absolute Gasteiger partial charge is 0.162 e. The third kappa shape index (κ3) is 2.28. The highest BCUT2D eigenvalue weighted by Gasteiger charge is 2.13. The van der Waals surface area contributed by atoms with E-state index in [9.17, 15) is 10.2 Å². The average Bonchev–Trinajstić information content (AvgIpc) is 2.10. The Hall–Kier alpha value is -0.890. The van der Waals surface area contributed by atoms with Gasteiger partial charge in [-0.15, -0.1) is 11.6 Å². The first kappa shape index (κ1) is 10.2. The van der Waals surface area contributed by atoms with Crippen LogP contribution >= 0.6 is 11.6 Å². The van der Waals surface area contributed by atoms with Crippen molar-refractivity contribution in [3.05, 3.63) is 23.8 Å². The largest absolute Gasteiger partial charge is 0.504 e. The molecule has 2 nitrogen and oxygen atoms in total. The first-order chi connectivity index (χ1) is 6.16. The average molecular weight is 201 g/mol. The monoisotopic (exact) mass is 200 g/mol. The number of rotatable bonds is 3. The molecule has 13 heavy (non-hydrogen) atoms. The minimum absolute atomic E-state index is 0.101. The topological polar surface area (TPSA) is 40.5 Å². The predicted octanol–water partition coefficient (Wildman–Crippen LogP) is 3.18. The van der Waals surface area contributed by atoms with Crippen LogP contribution in [0.25, 0.3) is 0 Å². The van der Waals surface area contributed by atoms with Crippen LogP contribution in [0.3, 0.4) is 0 Å². The lowest BCUT2D eigenvalue weighted by molar-refractivity contribution is 0.398. The van der Waals surface area contributed by atoms with Gasteiger partial charge in [0.25, 0.3) is 0 Å². The van der Waals surface area contributed by atoms with E-state index in [1.165, 1.54) is 6.07 Å². The van der Waals surface area contributed by atoms with E-state index in [0.717, 1.165) is 12.8 Å². The van der Waals surface area contributed by atoms with Crippen molar-refractivity contribution < 1.29 is 10.2 Å². The number of halogens is 1. The summed E-state index contributed by atoms with van der Waals surface area (Å²) >= 11 is 6.01. The Morgan fingerprint density at radius 2 is 2.08 bits per heavy atom. The summed E-state index contributed by atoms with van der Waals surface area (Å²) in [6, 6.07) is 4.84. The molecule has 0 amide bonds. The first-order valence-corrected chi connectivity index (χ1v) is 4.75. The van der Waals surface area contributed by atoms with Crippen molar-refractivity contribution in [1.29, 1.82) is 0 Å². The maximum atomic E-state index is 9.46. The second-order valence-corrected chi connectivity index (χ2v) is 3.50. The highest BCUT2D eigenvalue weighted by atomic mass is 35.5. The standard InChI is InChI=1S/C10H13ClO2/c1-2-4-8(11)7-5-3-6-9(12)10(7)13/h3,5-6,8,12-13H,2,4H2,1H3. The highest BCUT2D eigenvalue weighted by Crippen LogP contribution is 2.37. The van der Waals surface area contributed by atoms with Crippen molar-refractivity contribution in [3.63, 3.8) is 0 Å². The number of benzene rings is 1. The normalized spacial score (nSPS) is 12.8. The van der Waals surface area contributed by atoms with Crippen LogP contribution in [0.2, 0.25) is 0 Å². The number of para-hydroxylation sites is 1. The number of alkyl halides is 1. The van der Waals surface area contributed by atoms with Crippen LogP contribution < -0.4 is 0 Å². The van der Waals surface area contributed by atoms with Crippen LogP contribution in [0.1, 0.15) is 30.7 Å². The molecule has 0 bridgehead atoms. The van der Waals surface area contributed by atoms with Crippen molar-refractivity contribution in [2.75, 3.05) is 0 Å². The molecule has 1 aromatic rings. The van der Waals surface area contributed by atoms with Crippen LogP contribution in [-0.4, -0.2) is 10.2 Å². The van der Waals surface area contributed by atoms with Crippen molar-refractivity contribution >= 4 is 11.6 Å². The zero-order valence-electron chi connectivity index (χ0n) is 7.50. The van der Waals surface area contributed by atoms with Gasteiger partial charge in [-0.25, -0.2) is 0 Å². The Morgan fingerprint density at radius 3 is 2.69 bits per heavy atom. The number of aromatic hydroxyl groups is 2. The van der Waals surface area contributed by atoms with Crippen LogP contribution in [0, 0.1) is 0 Å². The van der Waals surface area contributed by atoms with Gasteiger partial charge in [-0.2, -0.15) is 0 Å². The van der Waals surface area contributed by atoms with Crippen LogP contribution in [0.5, 0.6) is 11.5 Å². The lowest BCUT2D eigenvalue weighted by Crippen LogP contribution is -1.90. The lowest BCUT2D eigenvalue weighted by Gasteiger charge is -2.10. The molecule has 72 valence electrons. The Bertz CT molecular complexity index is 286. The maximum Gasteiger partial charge on any atom is 0.162 e. The molecule has 1 unspecified atom stereocenters. The molecule has 0 aromatic heterocycles. The van der Waals surface area contributed by atoms with Crippen molar-refractivity contribution in [1.82, 2.24) is 0 Å². The predicted molar refractivity (Wildman–Crippen MR) is 53.3 cm³/mol. The summed E-state index contributed by atoms with van der Waals surface area (Å²) < 4.78 is 0. The van der Waals surface area contributed by atoms with Gasteiger partial charge in [0.1, 0.15) is 0 Å². The molecular weight excluding hydrogens is 188 g/mol. The van der Waals surface area contributed by atoms with Gasteiger partial charge in [0.2, 0.25) is 0 Å². The Kier molecular flexibility index (Phi) is 3.43. The fourth-order valence-corrected chi connectivity index (χ4v) is 1.60. The molecule has 0 aliphatic rings. The van der Waals surface area contributed by atoms with E-state index in [1.807, 2.05) is 6.92 Å². The molecule has 0 radical (unpaired) electrons. The fraction of sp³-hybridized carbons (Fsp3) is 0.400. The zero-order chi connectivity index (χ0) is 9.84. The number of hydrogen-bond donors (Lipinski definition) is 2. The molecule has 0 aliphatic heterocycles. The zero-order valence-corrected chi connectivity index (χ0v) is 8.25. The summed E-state index contributed by atoms with van der Waals surface area (Å²) in [5.41, 5.74) is 0.600. The maximum absolute atomic E-state index is 9.46. The van der Waals surface area contributed by atoms with E-state index < -0.39 is 0 Å².